The summed E-state index contributed by atoms with van der Waals surface area (Å²) in [6.07, 6.45) is 3.84. The van der Waals surface area contributed by atoms with Crippen molar-refractivity contribution >= 4 is 17.6 Å². The molecular formula is C6H4N4OS. The lowest BCUT2D eigenvalue weighted by Gasteiger charge is -1.81. The number of hydrogen-bond acceptors (Lipinski definition) is 5. The van der Waals surface area contributed by atoms with Crippen molar-refractivity contribution in [3.05, 3.63) is 17.3 Å². The molecule has 1 N–H and O–H groups in total. The van der Waals surface area contributed by atoms with Crippen LogP contribution in [0.4, 0.5) is 0 Å². The third kappa shape index (κ3) is 1.12. The first-order valence-electron chi connectivity index (χ1n) is 3.17. The molecule has 2 heterocycles. The molecule has 0 radical (unpaired) electrons. The van der Waals surface area contributed by atoms with Gasteiger partial charge in [-0.2, -0.15) is 15.4 Å². The Hall–Kier alpha value is -1.56. The molecule has 2 aromatic heterocycles. The van der Waals surface area contributed by atoms with E-state index in [1.165, 1.54) is 17.5 Å². The van der Waals surface area contributed by atoms with Gasteiger partial charge in [0.05, 0.1) is 11.1 Å². The first-order chi connectivity index (χ1) is 5.90. The van der Waals surface area contributed by atoms with Crippen LogP contribution in [0.25, 0.3) is 10.7 Å². The minimum atomic E-state index is 0.591. The molecule has 0 saturated carbocycles. The molecular weight excluding hydrogens is 176 g/mol. The Labute approximate surface area is 71.5 Å². The van der Waals surface area contributed by atoms with Crippen LogP contribution < -0.4 is 0 Å². The highest BCUT2D eigenvalue weighted by molar-refractivity contribution is 7.16. The number of thiazole rings is 1. The molecule has 5 nitrogen and oxygen atoms in total. The van der Waals surface area contributed by atoms with Crippen molar-refractivity contribution in [3.63, 3.8) is 0 Å². The highest BCUT2D eigenvalue weighted by Gasteiger charge is 2.05. The van der Waals surface area contributed by atoms with Crippen LogP contribution in [0.3, 0.4) is 0 Å². The molecule has 0 bridgehead atoms. The van der Waals surface area contributed by atoms with Crippen LogP contribution in [-0.2, 0) is 0 Å². The molecule has 0 aliphatic carbocycles. The Bertz CT molecular complexity index is 380. The van der Waals surface area contributed by atoms with Gasteiger partial charge >= 0.3 is 0 Å². The summed E-state index contributed by atoms with van der Waals surface area (Å²) in [5.74, 6) is 0. The maximum Gasteiger partial charge on any atom is 0.161 e. The van der Waals surface area contributed by atoms with E-state index in [-0.39, 0.29) is 0 Å². The van der Waals surface area contributed by atoms with Gasteiger partial charge in [0.2, 0.25) is 0 Å². The second kappa shape index (κ2) is 2.82. The maximum absolute atomic E-state index is 10.3. The van der Waals surface area contributed by atoms with Crippen LogP contribution in [0, 0.1) is 0 Å². The highest BCUT2D eigenvalue weighted by Crippen LogP contribution is 2.20. The number of carbonyl (C=O) groups excluding carboxylic acids is 1. The Balaban J connectivity index is 2.41. The molecule has 0 fully saturated rings. The van der Waals surface area contributed by atoms with Gasteiger partial charge in [-0.05, 0) is 0 Å². The van der Waals surface area contributed by atoms with Crippen LogP contribution in [0.5, 0.6) is 0 Å². The molecule has 12 heavy (non-hydrogen) atoms. The fourth-order valence-electron chi connectivity index (χ4n) is 0.764. The van der Waals surface area contributed by atoms with Gasteiger partial charge in [-0.3, -0.25) is 4.79 Å². The summed E-state index contributed by atoms with van der Waals surface area (Å²) < 4.78 is 0. The fourth-order valence-corrected chi connectivity index (χ4v) is 1.45. The Morgan fingerprint density at radius 2 is 2.42 bits per heavy atom. The van der Waals surface area contributed by atoms with Crippen LogP contribution in [-0.4, -0.2) is 26.7 Å². The van der Waals surface area contributed by atoms with E-state index in [4.69, 9.17) is 0 Å². The van der Waals surface area contributed by atoms with Gasteiger partial charge < -0.3 is 0 Å². The molecule has 0 spiro atoms. The third-order valence-corrected chi connectivity index (χ3v) is 2.22. The molecule has 0 aliphatic rings. The smallest absolute Gasteiger partial charge is 0.161 e. The first kappa shape index (κ1) is 7.11. The lowest BCUT2D eigenvalue weighted by atomic mass is 10.5. The SMILES string of the molecule is O=Cc1cnc(-c2cn[nH]n2)s1. The molecule has 6 heteroatoms. The van der Waals surface area contributed by atoms with Gasteiger partial charge in [0.15, 0.2) is 6.29 Å². The molecule has 0 saturated heterocycles. The molecule has 0 aliphatic heterocycles. The Morgan fingerprint density at radius 1 is 1.50 bits per heavy atom. The average Bonchev–Trinajstić information content (AvgIpc) is 2.75. The number of H-pyrrole nitrogens is 1. The number of carbonyl (C=O) groups is 1. The normalized spacial score (nSPS) is 10.0. The Morgan fingerprint density at radius 3 is 3.00 bits per heavy atom. The quantitative estimate of drug-likeness (QED) is 0.692. The summed E-state index contributed by atoms with van der Waals surface area (Å²) >= 11 is 1.29. The molecule has 2 rings (SSSR count). The van der Waals surface area contributed by atoms with Gasteiger partial charge in [-0.15, -0.1) is 11.3 Å². The zero-order valence-electron chi connectivity index (χ0n) is 5.89. The minimum absolute atomic E-state index is 0.591. The number of nitrogens with zero attached hydrogens (tertiary/aromatic N) is 3. The zero-order valence-corrected chi connectivity index (χ0v) is 6.71. The molecule has 0 amide bonds. The molecule has 0 atom stereocenters. The van der Waals surface area contributed by atoms with E-state index in [0.29, 0.717) is 15.6 Å². The largest absolute Gasteiger partial charge is 0.297 e. The lowest BCUT2D eigenvalue weighted by Crippen LogP contribution is -1.73. The predicted octanol–water partition coefficient (Wildman–Crippen LogP) is 0.741. The van der Waals surface area contributed by atoms with E-state index in [2.05, 4.69) is 20.4 Å². The maximum atomic E-state index is 10.3. The predicted molar refractivity (Wildman–Crippen MR) is 42.9 cm³/mol. The van der Waals surface area contributed by atoms with Crippen LogP contribution in [0.1, 0.15) is 9.67 Å². The second-order valence-electron chi connectivity index (χ2n) is 2.04. The average molecular weight is 180 g/mol. The van der Waals surface area contributed by atoms with Crippen LogP contribution >= 0.6 is 11.3 Å². The van der Waals surface area contributed by atoms with Crippen molar-refractivity contribution < 1.29 is 4.79 Å². The van der Waals surface area contributed by atoms with Gasteiger partial charge in [-0.1, -0.05) is 0 Å². The molecule has 0 unspecified atom stereocenters. The van der Waals surface area contributed by atoms with Crippen molar-refractivity contribution in [1.82, 2.24) is 20.4 Å². The molecule has 0 aromatic carbocycles. The topological polar surface area (TPSA) is 71.5 Å². The van der Waals surface area contributed by atoms with Crippen molar-refractivity contribution in [2.45, 2.75) is 0 Å². The number of rotatable bonds is 2. The van der Waals surface area contributed by atoms with Gasteiger partial charge in [0, 0.05) is 6.20 Å². The molecule has 60 valence electrons. The molecule has 2 aromatic rings. The van der Waals surface area contributed by atoms with Crippen molar-refractivity contribution in [3.8, 4) is 10.7 Å². The summed E-state index contributed by atoms with van der Waals surface area (Å²) in [6, 6.07) is 0. The van der Waals surface area contributed by atoms with Gasteiger partial charge in [-0.25, -0.2) is 4.98 Å². The van der Waals surface area contributed by atoms with Crippen molar-refractivity contribution in [2.24, 2.45) is 0 Å². The second-order valence-corrected chi connectivity index (χ2v) is 3.10. The van der Waals surface area contributed by atoms with E-state index in [1.807, 2.05) is 0 Å². The van der Waals surface area contributed by atoms with Crippen LogP contribution in [0.2, 0.25) is 0 Å². The number of hydrogen-bond donors (Lipinski definition) is 1. The standard InChI is InChI=1S/C6H4N4OS/c11-3-4-1-7-6(12-4)5-2-8-10-9-5/h1-3H,(H,8,9,10). The summed E-state index contributed by atoms with van der Waals surface area (Å²) in [6.45, 7) is 0. The number of aromatic nitrogens is 4. The third-order valence-electron chi connectivity index (χ3n) is 1.27. The first-order valence-corrected chi connectivity index (χ1v) is 3.99. The Kier molecular flexibility index (Phi) is 1.67. The van der Waals surface area contributed by atoms with E-state index < -0.39 is 0 Å². The fraction of sp³-hybridized carbons (Fsp3) is 0. The minimum Gasteiger partial charge on any atom is -0.297 e. The number of aromatic amines is 1. The van der Waals surface area contributed by atoms with Gasteiger partial charge in [0.1, 0.15) is 10.7 Å². The van der Waals surface area contributed by atoms with Crippen molar-refractivity contribution in [2.75, 3.05) is 0 Å². The monoisotopic (exact) mass is 180 g/mol. The number of aldehydes is 1. The summed E-state index contributed by atoms with van der Waals surface area (Å²) in [5.41, 5.74) is 0.660. The van der Waals surface area contributed by atoms with E-state index >= 15 is 0 Å². The van der Waals surface area contributed by atoms with Crippen LogP contribution in [0.15, 0.2) is 12.4 Å². The van der Waals surface area contributed by atoms with E-state index in [9.17, 15) is 4.79 Å². The summed E-state index contributed by atoms with van der Waals surface area (Å²) in [5, 5.41) is 10.6. The summed E-state index contributed by atoms with van der Waals surface area (Å²) in [7, 11) is 0. The summed E-state index contributed by atoms with van der Waals surface area (Å²) in [4.78, 5) is 14.9. The lowest BCUT2D eigenvalue weighted by molar-refractivity contribution is 0.112. The highest BCUT2D eigenvalue weighted by atomic mass is 32.1. The van der Waals surface area contributed by atoms with Gasteiger partial charge in [0.25, 0.3) is 0 Å². The van der Waals surface area contributed by atoms with Crippen molar-refractivity contribution in [1.29, 1.82) is 0 Å². The van der Waals surface area contributed by atoms with E-state index in [1.54, 1.807) is 6.20 Å². The zero-order chi connectivity index (χ0) is 8.39. The number of nitrogens with one attached hydrogen (secondary N) is 1. The van der Waals surface area contributed by atoms with E-state index in [0.717, 1.165) is 6.29 Å².